The topological polar surface area (TPSA) is 82.8 Å². The second-order valence-corrected chi connectivity index (χ2v) is 4.07. The maximum Gasteiger partial charge on any atom is 0.221 e. The zero-order chi connectivity index (χ0) is 14.6. The van der Waals surface area contributed by atoms with Crippen molar-refractivity contribution in [3.63, 3.8) is 0 Å². The van der Waals surface area contributed by atoms with Crippen LogP contribution in [0.25, 0.3) is 0 Å². The molecular formula is C14H22N2O4. The van der Waals surface area contributed by atoms with Crippen molar-refractivity contribution in [3.05, 3.63) is 24.3 Å². The summed E-state index contributed by atoms with van der Waals surface area (Å²) in [7, 11) is 0. The van der Waals surface area contributed by atoms with Crippen molar-refractivity contribution in [2.45, 2.75) is 6.92 Å². The van der Waals surface area contributed by atoms with Crippen LogP contribution in [-0.2, 0) is 14.3 Å². The number of carbonyl (C=O) groups excluding carboxylic acids is 1. The van der Waals surface area contributed by atoms with Crippen molar-refractivity contribution in [2.75, 3.05) is 44.9 Å². The Hall–Kier alpha value is -1.63. The van der Waals surface area contributed by atoms with Crippen LogP contribution in [-0.4, -0.2) is 45.5 Å². The number of anilines is 1. The van der Waals surface area contributed by atoms with Crippen LogP contribution in [0.4, 0.5) is 5.69 Å². The number of hydrogen-bond donors (Lipinski definition) is 2. The molecule has 1 aromatic carbocycles. The van der Waals surface area contributed by atoms with Crippen molar-refractivity contribution in [1.29, 1.82) is 0 Å². The minimum atomic E-state index is -0.0936. The summed E-state index contributed by atoms with van der Waals surface area (Å²) in [5.41, 5.74) is 6.03. The average Bonchev–Trinajstić information content (AvgIpc) is 2.43. The summed E-state index contributed by atoms with van der Waals surface area (Å²) in [4.78, 5) is 10.9. The summed E-state index contributed by atoms with van der Waals surface area (Å²) < 4.78 is 16.0. The molecule has 0 radical (unpaired) electrons. The van der Waals surface area contributed by atoms with E-state index in [0.717, 1.165) is 11.4 Å². The van der Waals surface area contributed by atoms with Gasteiger partial charge < -0.3 is 25.3 Å². The largest absolute Gasteiger partial charge is 0.491 e. The molecule has 0 aliphatic heterocycles. The van der Waals surface area contributed by atoms with E-state index in [1.165, 1.54) is 6.92 Å². The minimum absolute atomic E-state index is 0.0936. The van der Waals surface area contributed by atoms with E-state index in [9.17, 15) is 4.79 Å². The zero-order valence-corrected chi connectivity index (χ0v) is 11.8. The Morgan fingerprint density at radius 1 is 1.05 bits per heavy atom. The summed E-state index contributed by atoms with van der Waals surface area (Å²) in [6.07, 6.45) is 0. The lowest BCUT2D eigenvalue weighted by Crippen LogP contribution is -2.14. The fourth-order valence-corrected chi connectivity index (χ4v) is 1.46. The highest BCUT2D eigenvalue weighted by Crippen LogP contribution is 2.15. The lowest BCUT2D eigenvalue weighted by Gasteiger charge is -2.08. The Bertz CT molecular complexity index is 381. The van der Waals surface area contributed by atoms with E-state index >= 15 is 0 Å². The maximum absolute atomic E-state index is 10.9. The number of ether oxygens (including phenoxy) is 3. The van der Waals surface area contributed by atoms with Gasteiger partial charge in [0.15, 0.2) is 0 Å². The number of benzene rings is 1. The highest BCUT2D eigenvalue weighted by molar-refractivity contribution is 5.88. The Labute approximate surface area is 119 Å². The summed E-state index contributed by atoms with van der Waals surface area (Å²) in [5.74, 6) is 0.644. The van der Waals surface area contributed by atoms with Gasteiger partial charge in [-0.2, -0.15) is 0 Å². The molecule has 0 aromatic heterocycles. The number of nitrogens with two attached hydrogens (primary N) is 1. The molecule has 6 nitrogen and oxygen atoms in total. The molecule has 0 saturated carbocycles. The standard InChI is InChI=1S/C14H22N2O4/c1-12(17)16-13-2-4-14(5-3-13)20-11-10-19-9-8-18-7-6-15/h2-5H,6-11,15H2,1H3,(H,16,17). The molecule has 0 aliphatic rings. The Kier molecular flexibility index (Phi) is 8.37. The smallest absolute Gasteiger partial charge is 0.221 e. The van der Waals surface area contributed by atoms with Crippen LogP contribution in [0.1, 0.15) is 6.92 Å². The molecule has 0 heterocycles. The molecule has 1 amide bonds. The van der Waals surface area contributed by atoms with Gasteiger partial charge in [-0.05, 0) is 24.3 Å². The van der Waals surface area contributed by atoms with Crippen molar-refractivity contribution in [1.82, 2.24) is 0 Å². The van der Waals surface area contributed by atoms with E-state index in [2.05, 4.69) is 5.32 Å². The first-order valence-electron chi connectivity index (χ1n) is 6.58. The van der Waals surface area contributed by atoms with Crippen LogP contribution >= 0.6 is 0 Å². The molecule has 0 spiro atoms. The second-order valence-electron chi connectivity index (χ2n) is 4.07. The molecule has 0 atom stereocenters. The van der Waals surface area contributed by atoms with E-state index in [4.69, 9.17) is 19.9 Å². The predicted molar refractivity (Wildman–Crippen MR) is 76.9 cm³/mol. The van der Waals surface area contributed by atoms with E-state index < -0.39 is 0 Å². The normalized spacial score (nSPS) is 10.3. The molecule has 0 saturated heterocycles. The third-order valence-electron chi connectivity index (χ3n) is 2.31. The van der Waals surface area contributed by atoms with Crippen LogP contribution in [0.5, 0.6) is 5.75 Å². The first-order chi connectivity index (χ1) is 9.72. The number of nitrogens with one attached hydrogen (secondary N) is 1. The monoisotopic (exact) mass is 282 g/mol. The molecule has 0 bridgehead atoms. The first kappa shape index (κ1) is 16.4. The average molecular weight is 282 g/mol. The molecule has 20 heavy (non-hydrogen) atoms. The van der Waals surface area contributed by atoms with Gasteiger partial charge in [-0.25, -0.2) is 0 Å². The van der Waals surface area contributed by atoms with Gasteiger partial charge in [0.25, 0.3) is 0 Å². The van der Waals surface area contributed by atoms with E-state index in [1.54, 1.807) is 24.3 Å². The quantitative estimate of drug-likeness (QED) is 0.626. The molecule has 0 fully saturated rings. The summed E-state index contributed by atoms with van der Waals surface area (Å²) >= 11 is 0. The van der Waals surface area contributed by atoms with Gasteiger partial charge in [-0.3, -0.25) is 4.79 Å². The maximum atomic E-state index is 10.9. The van der Waals surface area contributed by atoms with Crippen LogP contribution in [0.15, 0.2) is 24.3 Å². The summed E-state index contributed by atoms with van der Waals surface area (Å²) in [6, 6.07) is 7.18. The SMILES string of the molecule is CC(=O)Nc1ccc(OCCOCCOCCN)cc1. The van der Waals surface area contributed by atoms with Gasteiger partial charge in [0.05, 0.1) is 26.4 Å². The van der Waals surface area contributed by atoms with Gasteiger partial charge >= 0.3 is 0 Å². The Morgan fingerprint density at radius 2 is 1.65 bits per heavy atom. The van der Waals surface area contributed by atoms with Gasteiger partial charge in [-0.1, -0.05) is 0 Å². The zero-order valence-electron chi connectivity index (χ0n) is 11.8. The molecule has 1 rings (SSSR count). The number of rotatable bonds is 10. The Morgan fingerprint density at radius 3 is 2.25 bits per heavy atom. The summed E-state index contributed by atoms with van der Waals surface area (Å²) in [5, 5.41) is 2.69. The number of carbonyl (C=O) groups is 1. The highest BCUT2D eigenvalue weighted by atomic mass is 16.5. The van der Waals surface area contributed by atoms with E-state index in [0.29, 0.717) is 39.6 Å². The molecule has 0 unspecified atom stereocenters. The number of hydrogen-bond acceptors (Lipinski definition) is 5. The van der Waals surface area contributed by atoms with Crippen molar-refractivity contribution < 1.29 is 19.0 Å². The van der Waals surface area contributed by atoms with Crippen LogP contribution < -0.4 is 15.8 Å². The third-order valence-corrected chi connectivity index (χ3v) is 2.31. The molecule has 6 heteroatoms. The fourth-order valence-electron chi connectivity index (χ4n) is 1.46. The van der Waals surface area contributed by atoms with E-state index in [1.807, 2.05) is 0 Å². The molecular weight excluding hydrogens is 260 g/mol. The van der Waals surface area contributed by atoms with Gasteiger partial charge in [-0.15, -0.1) is 0 Å². The minimum Gasteiger partial charge on any atom is -0.491 e. The Balaban J connectivity index is 2.08. The van der Waals surface area contributed by atoms with Gasteiger partial charge in [0.1, 0.15) is 12.4 Å². The lowest BCUT2D eigenvalue weighted by atomic mass is 10.3. The van der Waals surface area contributed by atoms with Crippen molar-refractivity contribution in [2.24, 2.45) is 5.73 Å². The van der Waals surface area contributed by atoms with E-state index in [-0.39, 0.29) is 5.91 Å². The lowest BCUT2D eigenvalue weighted by molar-refractivity contribution is -0.114. The predicted octanol–water partition coefficient (Wildman–Crippen LogP) is 1.02. The molecule has 3 N–H and O–H groups in total. The fraction of sp³-hybridized carbons (Fsp3) is 0.500. The van der Waals surface area contributed by atoms with Gasteiger partial charge in [0, 0.05) is 19.2 Å². The molecule has 0 aliphatic carbocycles. The molecule has 1 aromatic rings. The van der Waals surface area contributed by atoms with Crippen molar-refractivity contribution in [3.8, 4) is 5.75 Å². The first-order valence-corrected chi connectivity index (χ1v) is 6.58. The highest BCUT2D eigenvalue weighted by Gasteiger charge is 1.97. The molecule has 112 valence electrons. The van der Waals surface area contributed by atoms with Crippen LogP contribution in [0.2, 0.25) is 0 Å². The third kappa shape index (κ3) is 7.73. The van der Waals surface area contributed by atoms with Crippen LogP contribution in [0.3, 0.4) is 0 Å². The number of amides is 1. The van der Waals surface area contributed by atoms with Gasteiger partial charge in [0.2, 0.25) is 5.91 Å². The second kappa shape index (κ2) is 10.2. The summed E-state index contributed by atoms with van der Waals surface area (Å²) in [6.45, 7) is 4.60. The van der Waals surface area contributed by atoms with Crippen LogP contribution in [0, 0.1) is 0 Å². The van der Waals surface area contributed by atoms with Crippen molar-refractivity contribution >= 4 is 11.6 Å².